The molecule has 2 heterocycles. The van der Waals surface area contributed by atoms with E-state index >= 15 is 0 Å². The first-order valence-corrected chi connectivity index (χ1v) is 4.59. The highest BCUT2D eigenvalue weighted by atomic mass is 15.2. The van der Waals surface area contributed by atoms with Crippen LogP contribution in [0.2, 0.25) is 0 Å². The van der Waals surface area contributed by atoms with Gasteiger partial charge in [-0.15, -0.1) is 0 Å². The van der Waals surface area contributed by atoms with Crippen LogP contribution in [0, 0.1) is 0 Å². The van der Waals surface area contributed by atoms with Crippen LogP contribution in [-0.4, -0.2) is 14.6 Å². The molecular formula is C10H13N3. The van der Waals surface area contributed by atoms with Crippen LogP contribution in [0.3, 0.4) is 0 Å². The fourth-order valence-electron chi connectivity index (χ4n) is 1.39. The Morgan fingerprint density at radius 2 is 2.38 bits per heavy atom. The van der Waals surface area contributed by atoms with E-state index in [9.17, 15) is 0 Å². The molecule has 2 rings (SSSR count). The fourth-order valence-corrected chi connectivity index (χ4v) is 1.39. The number of hydrogen-bond acceptors (Lipinski definition) is 2. The lowest BCUT2D eigenvalue weighted by Gasteiger charge is -2.02. The maximum atomic E-state index is 4.12. The maximum Gasteiger partial charge on any atom is 0.136 e. The van der Waals surface area contributed by atoms with Crippen LogP contribution < -0.4 is 0 Å². The highest BCUT2D eigenvalue weighted by molar-refractivity contribution is 5.47. The molecule has 0 aliphatic heterocycles. The van der Waals surface area contributed by atoms with E-state index in [0.29, 0.717) is 5.92 Å². The van der Waals surface area contributed by atoms with Crippen molar-refractivity contribution in [2.75, 3.05) is 0 Å². The van der Waals surface area contributed by atoms with Crippen molar-refractivity contribution >= 4 is 5.52 Å². The second kappa shape index (κ2) is 3.17. The smallest absolute Gasteiger partial charge is 0.136 e. The van der Waals surface area contributed by atoms with Gasteiger partial charge in [-0.3, -0.25) is 0 Å². The maximum absolute atomic E-state index is 4.12. The van der Waals surface area contributed by atoms with E-state index in [1.165, 1.54) is 5.56 Å². The summed E-state index contributed by atoms with van der Waals surface area (Å²) in [7, 11) is 0. The average Bonchev–Trinajstić information content (AvgIpc) is 2.59. The minimum absolute atomic E-state index is 0.599. The molecule has 2 aromatic heterocycles. The molecule has 13 heavy (non-hydrogen) atoms. The van der Waals surface area contributed by atoms with E-state index in [4.69, 9.17) is 0 Å². The Morgan fingerprint density at radius 3 is 3.08 bits per heavy atom. The van der Waals surface area contributed by atoms with Gasteiger partial charge >= 0.3 is 0 Å². The third-order valence-corrected chi connectivity index (χ3v) is 2.48. The summed E-state index contributed by atoms with van der Waals surface area (Å²) in [6.45, 7) is 4.42. The van der Waals surface area contributed by atoms with E-state index in [1.807, 2.05) is 10.7 Å². The Bertz CT molecular complexity index is 372. The van der Waals surface area contributed by atoms with E-state index in [2.05, 4.69) is 36.2 Å². The summed E-state index contributed by atoms with van der Waals surface area (Å²) in [5, 5.41) is 4.12. The number of aromatic nitrogens is 3. The van der Waals surface area contributed by atoms with Crippen molar-refractivity contribution in [3.63, 3.8) is 0 Å². The zero-order chi connectivity index (χ0) is 9.26. The lowest BCUT2D eigenvalue weighted by Crippen LogP contribution is -1.89. The van der Waals surface area contributed by atoms with Crippen LogP contribution in [0.1, 0.15) is 31.7 Å². The van der Waals surface area contributed by atoms with Crippen LogP contribution in [0.25, 0.3) is 5.52 Å². The summed E-state index contributed by atoms with van der Waals surface area (Å²) < 4.78 is 1.87. The van der Waals surface area contributed by atoms with Gasteiger partial charge in [0.25, 0.3) is 0 Å². The van der Waals surface area contributed by atoms with Crippen LogP contribution in [0.5, 0.6) is 0 Å². The van der Waals surface area contributed by atoms with Crippen LogP contribution in [0.4, 0.5) is 0 Å². The average molecular weight is 175 g/mol. The molecule has 0 N–H and O–H groups in total. The van der Waals surface area contributed by atoms with Gasteiger partial charge in [0, 0.05) is 6.20 Å². The summed E-state index contributed by atoms with van der Waals surface area (Å²) in [4.78, 5) is 3.98. The molecule has 0 fully saturated rings. The Hall–Kier alpha value is -1.38. The summed E-state index contributed by atoms with van der Waals surface area (Å²) in [5.74, 6) is 0.599. The molecule has 0 saturated carbocycles. The Morgan fingerprint density at radius 1 is 1.54 bits per heavy atom. The molecule has 0 amide bonds. The summed E-state index contributed by atoms with van der Waals surface area (Å²) in [6.07, 6.45) is 6.63. The topological polar surface area (TPSA) is 30.2 Å². The lowest BCUT2D eigenvalue weighted by atomic mass is 10.0. The SMILES string of the molecule is CCC(C)c1cc2cncnn2c1. The zero-order valence-electron chi connectivity index (χ0n) is 7.94. The molecule has 2 aromatic rings. The highest BCUT2D eigenvalue weighted by Crippen LogP contribution is 2.20. The molecule has 0 aromatic carbocycles. The van der Waals surface area contributed by atoms with Crippen molar-refractivity contribution in [2.24, 2.45) is 0 Å². The molecule has 0 bridgehead atoms. The molecule has 3 heteroatoms. The molecule has 1 unspecified atom stereocenters. The van der Waals surface area contributed by atoms with Crippen molar-refractivity contribution in [2.45, 2.75) is 26.2 Å². The molecule has 0 aliphatic carbocycles. The number of nitrogens with zero attached hydrogens (tertiary/aromatic N) is 3. The number of hydrogen-bond donors (Lipinski definition) is 0. The normalized spacial score (nSPS) is 13.4. The Balaban J connectivity index is 2.49. The quantitative estimate of drug-likeness (QED) is 0.700. The molecule has 68 valence electrons. The van der Waals surface area contributed by atoms with Crippen LogP contribution in [0.15, 0.2) is 24.8 Å². The van der Waals surface area contributed by atoms with Gasteiger partial charge in [0.05, 0.1) is 11.7 Å². The van der Waals surface area contributed by atoms with E-state index in [0.717, 1.165) is 11.9 Å². The lowest BCUT2D eigenvalue weighted by molar-refractivity contribution is 0.730. The minimum atomic E-state index is 0.599. The van der Waals surface area contributed by atoms with Gasteiger partial charge in [0.15, 0.2) is 0 Å². The Kier molecular flexibility index (Phi) is 2.00. The number of rotatable bonds is 2. The van der Waals surface area contributed by atoms with E-state index in [-0.39, 0.29) is 0 Å². The monoisotopic (exact) mass is 175 g/mol. The van der Waals surface area contributed by atoms with Gasteiger partial charge in [-0.1, -0.05) is 13.8 Å². The second-order valence-electron chi connectivity index (χ2n) is 3.36. The predicted octanol–water partition coefficient (Wildman–Crippen LogP) is 2.24. The van der Waals surface area contributed by atoms with Gasteiger partial charge in [0.2, 0.25) is 0 Å². The van der Waals surface area contributed by atoms with E-state index < -0.39 is 0 Å². The number of fused-ring (bicyclic) bond motifs is 1. The van der Waals surface area contributed by atoms with Gasteiger partial charge in [-0.05, 0) is 24.0 Å². The van der Waals surface area contributed by atoms with Crippen molar-refractivity contribution in [1.29, 1.82) is 0 Å². The first-order valence-electron chi connectivity index (χ1n) is 4.59. The molecule has 0 saturated heterocycles. The first-order chi connectivity index (χ1) is 6.31. The molecule has 0 aliphatic rings. The minimum Gasteiger partial charge on any atom is -0.241 e. The highest BCUT2D eigenvalue weighted by Gasteiger charge is 2.05. The summed E-state index contributed by atoms with van der Waals surface area (Å²) >= 11 is 0. The van der Waals surface area contributed by atoms with Crippen LogP contribution >= 0.6 is 0 Å². The van der Waals surface area contributed by atoms with Crippen molar-refractivity contribution < 1.29 is 0 Å². The molecule has 3 nitrogen and oxygen atoms in total. The van der Waals surface area contributed by atoms with Crippen molar-refractivity contribution in [1.82, 2.24) is 14.6 Å². The first kappa shape index (κ1) is 8.23. The van der Waals surface area contributed by atoms with E-state index in [1.54, 1.807) is 6.33 Å². The third kappa shape index (κ3) is 1.41. The molecule has 0 spiro atoms. The molecular weight excluding hydrogens is 162 g/mol. The third-order valence-electron chi connectivity index (χ3n) is 2.48. The van der Waals surface area contributed by atoms with Gasteiger partial charge in [0.1, 0.15) is 6.33 Å². The van der Waals surface area contributed by atoms with Crippen LogP contribution in [-0.2, 0) is 0 Å². The van der Waals surface area contributed by atoms with Gasteiger partial charge in [-0.2, -0.15) is 5.10 Å². The standard InChI is InChI=1S/C10H13N3/c1-3-8(2)9-4-10-5-11-7-12-13(10)6-9/h4-8H,3H2,1-2H3. The predicted molar refractivity (Wildman–Crippen MR) is 51.7 cm³/mol. The fraction of sp³-hybridized carbons (Fsp3) is 0.400. The summed E-state index contributed by atoms with van der Waals surface area (Å²) in [5.41, 5.74) is 2.40. The largest absolute Gasteiger partial charge is 0.241 e. The zero-order valence-corrected chi connectivity index (χ0v) is 7.94. The van der Waals surface area contributed by atoms with Crippen molar-refractivity contribution in [3.05, 3.63) is 30.4 Å². The Labute approximate surface area is 77.4 Å². The van der Waals surface area contributed by atoms with Gasteiger partial charge in [-0.25, -0.2) is 9.50 Å². The van der Waals surface area contributed by atoms with Crippen molar-refractivity contribution in [3.8, 4) is 0 Å². The molecule has 0 radical (unpaired) electrons. The molecule has 1 atom stereocenters. The van der Waals surface area contributed by atoms with Gasteiger partial charge < -0.3 is 0 Å². The summed E-state index contributed by atoms with van der Waals surface area (Å²) in [6, 6.07) is 2.15. The second-order valence-corrected chi connectivity index (χ2v) is 3.36.